The number of nitrogens with zero attached hydrogens (tertiary/aromatic N) is 3. The van der Waals surface area contributed by atoms with Crippen LogP contribution in [0.5, 0.6) is 0 Å². The summed E-state index contributed by atoms with van der Waals surface area (Å²) in [7, 11) is -0.357. The average Bonchev–Trinajstić information content (AvgIpc) is 2.69. The van der Waals surface area contributed by atoms with E-state index in [9.17, 15) is 13.2 Å². The van der Waals surface area contributed by atoms with Gasteiger partial charge in [-0.15, -0.1) is 0 Å². The highest BCUT2D eigenvalue weighted by molar-refractivity contribution is 7.86. The van der Waals surface area contributed by atoms with E-state index in [1.165, 1.54) is 22.7 Å². The van der Waals surface area contributed by atoms with E-state index in [-0.39, 0.29) is 11.8 Å². The first kappa shape index (κ1) is 20.1. The van der Waals surface area contributed by atoms with Gasteiger partial charge in [0.05, 0.1) is 13.2 Å². The number of morpholine rings is 1. The van der Waals surface area contributed by atoms with Crippen LogP contribution in [0.2, 0.25) is 0 Å². The van der Waals surface area contributed by atoms with Crippen molar-refractivity contribution in [3.05, 3.63) is 24.3 Å². The molecule has 2 saturated heterocycles. The van der Waals surface area contributed by atoms with Gasteiger partial charge in [0.15, 0.2) is 0 Å². The second kappa shape index (κ2) is 8.55. The Morgan fingerprint density at radius 1 is 1.07 bits per heavy atom. The smallest absolute Gasteiger partial charge is 0.281 e. The van der Waals surface area contributed by atoms with Gasteiger partial charge in [-0.25, -0.2) is 0 Å². The van der Waals surface area contributed by atoms with Crippen LogP contribution in [0.25, 0.3) is 0 Å². The minimum atomic E-state index is -3.40. The minimum Gasteiger partial charge on any atom is -0.378 e. The van der Waals surface area contributed by atoms with Crippen molar-refractivity contribution in [2.24, 2.45) is 5.92 Å². The van der Waals surface area contributed by atoms with Crippen molar-refractivity contribution in [3.8, 4) is 0 Å². The molecule has 0 spiro atoms. The molecule has 150 valence electrons. The van der Waals surface area contributed by atoms with E-state index in [0.29, 0.717) is 25.9 Å². The third kappa shape index (κ3) is 4.78. The molecule has 8 nitrogen and oxygen atoms in total. The first-order chi connectivity index (χ1) is 12.9. The number of nitrogens with one attached hydrogen (secondary N) is 1. The van der Waals surface area contributed by atoms with Crippen molar-refractivity contribution in [1.29, 1.82) is 0 Å². The molecule has 1 aromatic carbocycles. The summed E-state index contributed by atoms with van der Waals surface area (Å²) in [6, 6.07) is 7.84. The van der Waals surface area contributed by atoms with Crippen LogP contribution in [0.4, 0.5) is 11.4 Å². The molecule has 1 amide bonds. The summed E-state index contributed by atoms with van der Waals surface area (Å²) in [4.78, 5) is 14.8. The molecule has 1 N–H and O–H groups in total. The molecule has 2 aliphatic rings. The quantitative estimate of drug-likeness (QED) is 0.802. The van der Waals surface area contributed by atoms with E-state index in [0.717, 1.165) is 37.7 Å². The summed E-state index contributed by atoms with van der Waals surface area (Å²) in [6.45, 7) is 3.96. The Morgan fingerprint density at radius 2 is 1.67 bits per heavy atom. The monoisotopic (exact) mass is 396 g/mol. The number of rotatable bonds is 5. The van der Waals surface area contributed by atoms with E-state index in [4.69, 9.17) is 4.74 Å². The van der Waals surface area contributed by atoms with Gasteiger partial charge in [0.1, 0.15) is 0 Å². The summed E-state index contributed by atoms with van der Waals surface area (Å²) in [6.07, 6.45) is 1.07. The molecule has 0 aliphatic carbocycles. The molecule has 0 saturated carbocycles. The Bertz CT molecular complexity index is 737. The molecule has 2 heterocycles. The number of hydrogen-bond acceptors (Lipinski definition) is 5. The predicted molar refractivity (Wildman–Crippen MR) is 105 cm³/mol. The summed E-state index contributed by atoms with van der Waals surface area (Å²) >= 11 is 0. The van der Waals surface area contributed by atoms with Crippen molar-refractivity contribution in [3.63, 3.8) is 0 Å². The standard InChI is InChI=1S/C18H28N4O4S/c1-20(2)27(24,25)22-9-7-15(8-10-22)18(23)19-16-3-5-17(6-4-16)21-11-13-26-14-12-21/h3-6,15H,7-14H2,1-2H3,(H,19,23). The summed E-state index contributed by atoms with van der Waals surface area (Å²) in [5.41, 5.74) is 1.89. The Balaban J connectivity index is 1.52. The maximum Gasteiger partial charge on any atom is 0.281 e. The SMILES string of the molecule is CN(C)S(=O)(=O)N1CCC(C(=O)Nc2ccc(N3CCOCC3)cc2)CC1. The highest BCUT2D eigenvalue weighted by Gasteiger charge is 2.32. The molecule has 0 unspecified atom stereocenters. The Morgan fingerprint density at radius 3 is 2.22 bits per heavy atom. The minimum absolute atomic E-state index is 0.0453. The Kier molecular flexibility index (Phi) is 6.36. The van der Waals surface area contributed by atoms with Crippen molar-refractivity contribution in [2.45, 2.75) is 12.8 Å². The zero-order valence-electron chi connectivity index (χ0n) is 15.9. The highest BCUT2D eigenvalue weighted by atomic mass is 32.2. The number of carbonyl (C=O) groups excluding carboxylic acids is 1. The van der Waals surface area contributed by atoms with Gasteiger partial charge in [-0.3, -0.25) is 4.79 Å². The number of hydrogen-bond donors (Lipinski definition) is 1. The lowest BCUT2D eigenvalue weighted by atomic mass is 9.97. The fraction of sp³-hybridized carbons (Fsp3) is 0.611. The van der Waals surface area contributed by atoms with Crippen LogP contribution in [0.3, 0.4) is 0 Å². The van der Waals surface area contributed by atoms with Crippen molar-refractivity contribution < 1.29 is 17.9 Å². The van der Waals surface area contributed by atoms with Gasteiger partial charge in [-0.2, -0.15) is 17.0 Å². The first-order valence-electron chi connectivity index (χ1n) is 9.29. The van der Waals surface area contributed by atoms with Gasteiger partial charge in [0, 0.05) is 57.6 Å². The molecule has 2 fully saturated rings. The fourth-order valence-electron chi connectivity index (χ4n) is 3.40. The molecule has 0 bridgehead atoms. The van der Waals surface area contributed by atoms with Crippen LogP contribution in [0.1, 0.15) is 12.8 Å². The Hall–Kier alpha value is -1.68. The number of amides is 1. The van der Waals surface area contributed by atoms with E-state index in [1.54, 1.807) is 0 Å². The zero-order chi connectivity index (χ0) is 19.4. The van der Waals surface area contributed by atoms with Gasteiger partial charge in [-0.05, 0) is 37.1 Å². The molecular formula is C18H28N4O4S. The molecule has 1 aromatic rings. The van der Waals surface area contributed by atoms with Crippen LogP contribution in [0.15, 0.2) is 24.3 Å². The van der Waals surface area contributed by atoms with Crippen molar-refractivity contribution >= 4 is 27.5 Å². The molecule has 0 atom stereocenters. The van der Waals surface area contributed by atoms with Crippen LogP contribution < -0.4 is 10.2 Å². The lowest BCUT2D eigenvalue weighted by molar-refractivity contribution is -0.120. The van der Waals surface area contributed by atoms with E-state index < -0.39 is 10.2 Å². The predicted octanol–water partition coefficient (Wildman–Crippen LogP) is 0.980. The number of benzene rings is 1. The van der Waals surface area contributed by atoms with E-state index in [2.05, 4.69) is 10.2 Å². The summed E-state index contributed by atoms with van der Waals surface area (Å²) < 4.78 is 32.3. The van der Waals surface area contributed by atoms with Gasteiger partial charge in [0.25, 0.3) is 10.2 Å². The lowest BCUT2D eigenvalue weighted by Gasteiger charge is -2.32. The average molecular weight is 397 g/mol. The normalized spacial score (nSPS) is 20.0. The molecule has 3 rings (SSSR count). The molecule has 9 heteroatoms. The molecule has 0 aromatic heterocycles. The first-order valence-corrected chi connectivity index (χ1v) is 10.7. The topological polar surface area (TPSA) is 82.2 Å². The van der Waals surface area contributed by atoms with Crippen LogP contribution in [-0.4, -0.2) is 76.4 Å². The molecule has 0 radical (unpaired) electrons. The van der Waals surface area contributed by atoms with Gasteiger partial charge >= 0.3 is 0 Å². The lowest BCUT2D eigenvalue weighted by Crippen LogP contribution is -2.46. The van der Waals surface area contributed by atoms with E-state index >= 15 is 0 Å². The van der Waals surface area contributed by atoms with Crippen molar-refractivity contribution in [1.82, 2.24) is 8.61 Å². The maximum absolute atomic E-state index is 12.5. The highest BCUT2D eigenvalue weighted by Crippen LogP contribution is 2.23. The molecular weight excluding hydrogens is 368 g/mol. The maximum atomic E-state index is 12.5. The summed E-state index contributed by atoms with van der Waals surface area (Å²) in [5, 5.41) is 2.96. The van der Waals surface area contributed by atoms with Gasteiger partial charge in [0.2, 0.25) is 5.91 Å². The van der Waals surface area contributed by atoms with Crippen LogP contribution in [0, 0.1) is 5.92 Å². The molecule has 27 heavy (non-hydrogen) atoms. The van der Waals surface area contributed by atoms with Crippen LogP contribution in [-0.2, 0) is 19.7 Å². The van der Waals surface area contributed by atoms with E-state index in [1.807, 2.05) is 24.3 Å². The number of anilines is 2. The fourth-order valence-corrected chi connectivity index (χ4v) is 4.54. The second-order valence-electron chi connectivity index (χ2n) is 7.10. The van der Waals surface area contributed by atoms with Crippen molar-refractivity contribution in [2.75, 3.05) is 63.7 Å². The molecule has 2 aliphatic heterocycles. The zero-order valence-corrected chi connectivity index (χ0v) is 16.7. The van der Waals surface area contributed by atoms with Gasteiger partial charge in [-0.1, -0.05) is 0 Å². The number of ether oxygens (including phenoxy) is 1. The summed E-state index contributed by atoms with van der Waals surface area (Å²) in [5.74, 6) is -0.214. The Labute approximate surface area is 161 Å². The second-order valence-corrected chi connectivity index (χ2v) is 9.24. The van der Waals surface area contributed by atoms with Gasteiger partial charge < -0.3 is 15.0 Å². The third-order valence-corrected chi connectivity index (χ3v) is 7.06. The van der Waals surface area contributed by atoms with Crippen LogP contribution >= 0.6 is 0 Å². The number of piperidine rings is 1. The largest absolute Gasteiger partial charge is 0.378 e. The number of carbonyl (C=O) groups is 1. The third-order valence-electron chi connectivity index (χ3n) is 5.12.